The molecule has 1 fully saturated rings. The fourth-order valence-electron chi connectivity index (χ4n) is 6.77. The van der Waals surface area contributed by atoms with E-state index in [-0.39, 0.29) is 30.4 Å². The number of rotatable bonds is 28. The van der Waals surface area contributed by atoms with Gasteiger partial charge in [0.15, 0.2) is 0 Å². The van der Waals surface area contributed by atoms with Gasteiger partial charge in [0.25, 0.3) is 0 Å². The second-order valence-corrected chi connectivity index (χ2v) is 13.8. The molecule has 0 saturated carbocycles. The van der Waals surface area contributed by atoms with Crippen LogP contribution in [0.1, 0.15) is 174 Å². The lowest BCUT2D eigenvalue weighted by Gasteiger charge is -2.22. The van der Waals surface area contributed by atoms with Crippen LogP contribution in [0, 0.1) is 0 Å². The van der Waals surface area contributed by atoms with Crippen molar-refractivity contribution in [1.82, 2.24) is 0 Å². The molecule has 0 aromatic rings. The molecule has 1 saturated heterocycles. The number of unbranched alkanes of at least 4 members (excludes halogenated alkanes) is 14. The summed E-state index contributed by atoms with van der Waals surface area (Å²) in [7, 11) is 0. The van der Waals surface area contributed by atoms with Crippen LogP contribution in [0.5, 0.6) is 0 Å². The van der Waals surface area contributed by atoms with Crippen molar-refractivity contribution < 1.29 is 34.7 Å². The summed E-state index contributed by atoms with van der Waals surface area (Å²) in [5.74, 6) is -0.308. The topological polar surface area (TPSA) is 116 Å². The van der Waals surface area contributed by atoms with Gasteiger partial charge in [-0.15, -0.1) is 0 Å². The Balaban J connectivity index is 1.38. The van der Waals surface area contributed by atoms with Crippen LogP contribution in [0.25, 0.3) is 0 Å². The summed E-state index contributed by atoms with van der Waals surface area (Å²) >= 11 is 0. The third-order valence-electron chi connectivity index (χ3n) is 9.61. The molecular formula is C37H68O7. The van der Waals surface area contributed by atoms with Crippen molar-refractivity contribution in [2.24, 2.45) is 0 Å². The minimum absolute atomic E-state index is 0.126. The van der Waals surface area contributed by atoms with Gasteiger partial charge in [0.2, 0.25) is 0 Å². The Labute approximate surface area is 269 Å². The van der Waals surface area contributed by atoms with E-state index in [1.807, 2.05) is 6.92 Å². The first-order chi connectivity index (χ1) is 21.3. The fourth-order valence-corrected chi connectivity index (χ4v) is 6.77. The van der Waals surface area contributed by atoms with Crippen LogP contribution in [0.3, 0.4) is 0 Å². The fraction of sp³-hybridized carbons (Fsp3) is 0.919. The van der Waals surface area contributed by atoms with E-state index in [0.717, 1.165) is 89.9 Å². The van der Waals surface area contributed by atoms with Crippen molar-refractivity contribution in [3.05, 3.63) is 11.6 Å². The first-order valence-corrected chi connectivity index (χ1v) is 18.6. The average molecular weight is 625 g/mol. The minimum atomic E-state index is -0.519. The monoisotopic (exact) mass is 624 g/mol. The Bertz CT molecular complexity index is 756. The first-order valence-electron chi connectivity index (χ1n) is 18.6. The predicted molar refractivity (Wildman–Crippen MR) is 177 cm³/mol. The van der Waals surface area contributed by atoms with E-state index in [2.05, 4.69) is 6.92 Å². The maximum absolute atomic E-state index is 11.7. The molecule has 0 aromatic heterocycles. The lowest BCUT2D eigenvalue weighted by molar-refractivity contribution is -0.139. The highest BCUT2D eigenvalue weighted by Crippen LogP contribution is 2.28. The number of hydrogen-bond acceptors (Lipinski definition) is 7. The SMILES string of the molecule is CCCCCCCCCCCC[C@@H](O)[C@H]1CC[C@@H]([C@@H](O)CCCCCC[C@H](O)CCCCC[C@@H](O)CC2=C[C@H](C)OC2=O)O1. The zero-order valence-corrected chi connectivity index (χ0v) is 28.3. The Morgan fingerprint density at radius 2 is 1.05 bits per heavy atom. The highest BCUT2D eigenvalue weighted by molar-refractivity contribution is 5.90. The Morgan fingerprint density at radius 3 is 1.50 bits per heavy atom. The molecule has 0 spiro atoms. The van der Waals surface area contributed by atoms with Gasteiger partial charge in [0, 0.05) is 12.0 Å². The molecule has 0 amide bonds. The number of esters is 1. The number of ether oxygens (including phenoxy) is 2. The van der Waals surface area contributed by atoms with Crippen molar-refractivity contribution in [1.29, 1.82) is 0 Å². The normalized spacial score (nSPS) is 23.0. The van der Waals surface area contributed by atoms with Crippen molar-refractivity contribution in [3.8, 4) is 0 Å². The summed E-state index contributed by atoms with van der Waals surface area (Å²) in [6.07, 6.45) is 25.3. The standard InChI is InChI=1S/C37H68O7/c1-3-4-5-6-7-8-9-10-11-18-23-33(40)35-25-26-36(44-35)34(41)24-19-13-12-15-20-31(38)21-16-14-17-22-32(39)28-30-27-29(2)43-37(30)42/h27,29,31-36,38-41H,3-26,28H2,1-2H3/t29-,31-,32+,33+,34-,35+,36-/m0/s1. The number of hydrogen-bond donors (Lipinski definition) is 4. The van der Waals surface area contributed by atoms with E-state index in [4.69, 9.17) is 9.47 Å². The van der Waals surface area contributed by atoms with E-state index in [0.29, 0.717) is 18.4 Å². The molecule has 0 aliphatic carbocycles. The molecule has 7 heteroatoms. The van der Waals surface area contributed by atoms with Crippen molar-refractivity contribution in [2.75, 3.05) is 0 Å². The molecule has 0 radical (unpaired) electrons. The quantitative estimate of drug-likeness (QED) is 0.0518. The Hall–Kier alpha value is -0.990. The summed E-state index contributed by atoms with van der Waals surface area (Å²) in [5.41, 5.74) is 0.584. The molecule has 0 aromatic carbocycles. The summed E-state index contributed by atoms with van der Waals surface area (Å²) in [5, 5.41) is 41.7. The van der Waals surface area contributed by atoms with Gasteiger partial charge in [0.05, 0.1) is 36.6 Å². The first kappa shape index (κ1) is 39.2. The van der Waals surface area contributed by atoms with Crippen LogP contribution < -0.4 is 0 Å². The van der Waals surface area contributed by atoms with E-state index in [1.54, 1.807) is 6.08 Å². The molecule has 4 N–H and O–H groups in total. The van der Waals surface area contributed by atoms with Crippen molar-refractivity contribution >= 4 is 5.97 Å². The van der Waals surface area contributed by atoms with Gasteiger partial charge in [-0.05, 0) is 57.9 Å². The minimum Gasteiger partial charge on any atom is -0.455 e. The number of aliphatic hydroxyl groups is 4. The van der Waals surface area contributed by atoms with Crippen LogP contribution in [0.15, 0.2) is 11.6 Å². The molecule has 44 heavy (non-hydrogen) atoms. The van der Waals surface area contributed by atoms with Crippen molar-refractivity contribution in [2.45, 2.75) is 217 Å². The molecule has 2 aliphatic heterocycles. The third-order valence-corrected chi connectivity index (χ3v) is 9.61. The molecule has 0 bridgehead atoms. The maximum Gasteiger partial charge on any atom is 0.334 e. The summed E-state index contributed by atoms with van der Waals surface area (Å²) < 4.78 is 11.1. The van der Waals surface area contributed by atoms with Gasteiger partial charge in [-0.3, -0.25) is 0 Å². The van der Waals surface area contributed by atoms with Crippen molar-refractivity contribution in [3.63, 3.8) is 0 Å². The largest absolute Gasteiger partial charge is 0.455 e. The molecule has 2 rings (SSSR count). The van der Waals surface area contributed by atoms with Gasteiger partial charge in [-0.25, -0.2) is 4.79 Å². The molecule has 0 unspecified atom stereocenters. The van der Waals surface area contributed by atoms with Crippen LogP contribution >= 0.6 is 0 Å². The highest BCUT2D eigenvalue weighted by atomic mass is 16.5. The second-order valence-electron chi connectivity index (χ2n) is 13.8. The molecule has 7 atom stereocenters. The third kappa shape index (κ3) is 17.6. The highest BCUT2D eigenvalue weighted by Gasteiger charge is 2.34. The van der Waals surface area contributed by atoms with E-state index in [1.165, 1.54) is 57.8 Å². The van der Waals surface area contributed by atoms with Crippen LogP contribution in [-0.2, 0) is 14.3 Å². The molecule has 2 heterocycles. The van der Waals surface area contributed by atoms with Gasteiger partial charge < -0.3 is 29.9 Å². The zero-order chi connectivity index (χ0) is 32.0. The molecule has 258 valence electrons. The number of aliphatic hydroxyl groups excluding tert-OH is 4. The molecule has 2 aliphatic rings. The second kappa shape index (κ2) is 24.2. The lowest BCUT2D eigenvalue weighted by Crippen LogP contribution is -2.31. The Kier molecular flexibility index (Phi) is 21.6. The summed E-state index contributed by atoms with van der Waals surface area (Å²) in [4.78, 5) is 11.7. The van der Waals surface area contributed by atoms with Gasteiger partial charge in [-0.1, -0.05) is 116 Å². The predicted octanol–water partition coefficient (Wildman–Crippen LogP) is 7.84. The molecule has 7 nitrogen and oxygen atoms in total. The number of carbonyl (C=O) groups is 1. The van der Waals surface area contributed by atoms with Crippen LogP contribution in [0.2, 0.25) is 0 Å². The Morgan fingerprint density at radius 1 is 0.636 bits per heavy atom. The maximum atomic E-state index is 11.7. The number of cyclic esters (lactones) is 1. The van der Waals surface area contributed by atoms with Gasteiger partial charge in [0.1, 0.15) is 6.10 Å². The summed E-state index contributed by atoms with van der Waals surface area (Å²) in [6, 6.07) is 0. The van der Waals surface area contributed by atoms with Gasteiger partial charge in [-0.2, -0.15) is 0 Å². The zero-order valence-electron chi connectivity index (χ0n) is 28.3. The van der Waals surface area contributed by atoms with E-state index < -0.39 is 18.3 Å². The number of carbonyl (C=O) groups excluding carboxylic acids is 1. The van der Waals surface area contributed by atoms with E-state index >= 15 is 0 Å². The molecular weight excluding hydrogens is 556 g/mol. The van der Waals surface area contributed by atoms with Crippen LogP contribution in [0.4, 0.5) is 0 Å². The lowest BCUT2D eigenvalue weighted by atomic mass is 9.99. The van der Waals surface area contributed by atoms with Gasteiger partial charge >= 0.3 is 5.97 Å². The summed E-state index contributed by atoms with van der Waals surface area (Å²) in [6.45, 7) is 4.08. The average Bonchev–Trinajstić information content (AvgIpc) is 3.61. The van der Waals surface area contributed by atoms with E-state index in [9.17, 15) is 25.2 Å². The smallest absolute Gasteiger partial charge is 0.334 e. The van der Waals surface area contributed by atoms with Crippen LogP contribution in [-0.4, -0.2) is 69.1 Å².